The van der Waals surface area contributed by atoms with Crippen molar-refractivity contribution in [1.29, 1.82) is 0 Å². The van der Waals surface area contributed by atoms with Crippen LogP contribution in [-0.2, 0) is 0 Å². The second-order valence-corrected chi connectivity index (χ2v) is 6.98. The minimum Gasteiger partial charge on any atom is -0.360 e. The third kappa shape index (κ3) is 2.26. The molecular weight excluding hydrogens is 326 g/mol. The summed E-state index contributed by atoms with van der Waals surface area (Å²) in [6.07, 6.45) is 4.18. The van der Waals surface area contributed by atoms with Crippen molar-refractivity contribution in [2.45, 2.75) is 44.7 Å². The number of pyridine rings is 1. The highest BCUT2D eigenvalue weighted by molar-refractivity contribution is 6.37. The summed E-state index contributed by atoms with van der Waals surface area (Å²) in [5.74, 6) is 0.548. The molecule has 0 amide bonds. The van der Waals surface area contributed by atoms with Crippen LogP contribution in [0.25, 0.3) is 21.8 Å². The van der Waals surface area contributed by atoms with Crippen LogP contribution in [0.3, 0.4) is 0 Å². The van der Waals surface area contributed by atoms with Crippen LogP contribution in [0.4, 0.5) is 0 Å². The van der Waals surface area contributed by atoms with E-state index < -0.39 is 0 Å². The van der Waals surface area contributed by atoms with Crippen molar-refractivity contribution >= 4 is 33.4 Å². The molecule has 3 aromatic rings. The van der Waals surface area contributed by atoms with E-state index in [2.05, 4.69) is 10.5 Å². The zero-order valence-corrected chi connectivity index (χ0v) is 14.6. The Morgan fingerprint density at radius 1 is 1.33 bits per heavy atom. The van der Waals surface area contributed by atoms with Crippen LogP contribution in [0.15, 0.2) is 27.5 Å². The standard InChI is InChI=1S/C18H20ClN3O2/c1-10-15-17(21-24-10)16-13(19)7-4-8-14(16)22(18(15)23)12-6-3-5-11(9-12)20-2/h4,7-8,11-12,20H,3,5-6,9H2,1-2H3/t11-,12+/m1/s1. The van der Waals surface area contributed by atoms with Gasteiger partial charge in [0.05, 0.1) is 10.5 Å². The second kappa shape index (κ2) is 5.90. The molecule has 2 atom stereocenters. The average molecular weight is 346 g/mol. The molecule has 126 valence electrons. The molecule has 0 spiro atoms. The van der Waals surface area contributed by atoms with Gasteiger partial charge in [-0.25, -0.2) is 0 Å². The molecule has 0 saturated heterocycles. The van der Waals surface area contributed by atoms with Gasteiger partial charge in [0.15, 0.2) is 0 Å². The molecule has 5 nitrogen and oxygen atoms in total. The van der Waals surface area contributed by atoms with Crippen molar-refractivity contribution in [2.24, 2.45) is 0 Å². The summed E-state index contributed by atoms with van der Waals surface area (Å²) in [6, 6.07) is 6.26. The van der Waals surface area contributed by atoms with Gasteiger partial charge in [-0.15, -0.1) is 0 Å². The van der Waals surface area contributed by atoms with E-state index in [0.717, 1.165) is 36.6 Å². The maximum atomic E-state index is 13.2. The Morgan fingerprint density at radius 2 is 2.17 bits per heavy atom. The summed E-state index contributed by atoms with van der Waals surface area (Å²) in [5.41, 5.74) is 1.38. The fourth-order valence-electron chi connectivity index (χ4n) is 4.00. The highest BCUT2D eigenvalue weighted by Gasteiger charge is 2.27. The number of benzene rings is 1. The summed E-state index contributed by atoms with van der Waals surface area (Å²) < 4.78 is 7.22. The van der Waals surface area contributed by atoms with Gasteiger partial charge in [-0.1, -0.05) is 22.8 Å². The fourth-order valence-corrected chi connectivity index (χ4v) is 4.25. The Kier molecular flexibility index (Phi) is 3.85. The third-order valence-corrected chi connectivity index (χ3v) is 5.52. The lowest BCUT2D eigenvalue weighted by Gasteiger charge is -2.31. The first-order chi connectivity index (χ1) is 11.6. The molecule has 1 aromatic carbocycles. The van der Waals surface area contributed by atoms with Crippen molar-refractivity contribution in [3.63, 3.8) is 0 Å². The van der Waals surface area contributed by atoms with E-state index in [1.54, 1.807) is 6.92 Å². The first-order valence-corrected chi connectivity index (χ1v) is 8.75. The maximum Gasteiger partial charge on any atom is 0.264 e. The third-order valence-electron chi connectivity index (χ3n) is 5.20. The van der Waals surface area contributed by atoms with E-state index in [1.165, 1.54) is 0 Å². The summed E-state index contributed by atoms with van der Waals surface area (Å²) >= 11 is 6.46. The lowest BCUT2D eigenvalue weighted by molar-refractivity contribution is 0.296. The zero-order valence-electron chi connectivity index (χ0n) is 13.8. The molecule has 2 heterocycles. The first-order valence-electron chi connectivity index (χ1n) is 8.37. The summed E-state index contributed by atoms with van der Waals surface area (Å²) in [7, 11) is 1.98. The van der Waals surface area contributed by atoms with Gasteiger partial charge in [-0.2, -0.15) is 0 Å². The van der Waals surface area contributed by atoms with Crippen LogP contribution in [0.1, 0.15) is 37.5 Å². The quantitative estimate of drug-likeness (QED) is 0.767. The van der Waals surface area contributed by atoms with Gasteiger partial charge in [0.25, 0.3) is 5.56 Å². The number of aromatic nitrogens is 2. The van der Waals surface area contributed by atoms with Crippen molar-refractivity contribution < 1.29 is 4.52 Å². The van der Waals surface area contributed by atoms with E-state index >= 15 is 0 Å². The Bertz CT molecular complexity index is 976. The SMILES string of the molecule is CN[C@@H]1CCC[C@H](n2c(=O)c3c(C)onc3c3c(Cl)cccc32)C1. The smallest absolute Gasteiger partial charge is 0.264 e. The lowest BCUT2D eigenvalue weighted by atomic mass is 9.90. The number of hydrogen-bond acceptors (Lipinski definition) is 4. The Labute approximate surface area is 144 Å². The number of fused-ring (bicyclic) bond motifs is 3. The summed E-state index contributed by atoms with van der Waals surface area (Å²) in [4.78, 5) is 13.2. The topological polar surface area (TPSA) is 60.1 Å². The highest BCUT2D eigenvalue weighted by Crippen LogP contribution is 2.35. The normalized spacial score (nSPS) is 21.6. The molecule has 1 saturated carbocycles. The minimum atomic E-state index is -0.0275. The molecule has 1 aliphatic carbocycles. The van der Waals surface area contributed by atoms with Gasteiger partial charge in [0.2, 0.25) is 0 Å². The van der Waals surface area contributed by atoms with Crippen molar-refractivity contribution in [2.75, 3.05) is 7.05 Å². The molecule has 4 rings (SSSR count). The van der Waals surface area contributed by atoms with Crippen molar-refractivity contribution in [1.82, 2.24) is 15.0 Å². The van der Waals surface area contributed by atoms with Gasteiger partial charge < -0.3 is 14.4 Å². The average Bonchev–Trinajstić information content (AvgIpc) is 2.97. The Balaban J connectivity index is 2.06. The van der Waals surface area contributed by atoms with E-state index in [1.807, 2.05) is 29.8 Å². The molecule has 1 aliphatic rings. The molecule has 0 unspecified atom stereocenters. The van der Waals surface area contributed by atoms with E-state index in [0.29, 0.717) is 27.7 Å². The summed E-state index contributed by atoms with van der Waals surface area (Å²) in [5, 5.41) is 9.40. The Morgan fingerprint density at radius 3 is 2.96 bits per heavy atom. The van der Waals surface area contributed by atoms with E-state index in [4.69, 9.17) is 16.1 Å². The van der Waals surface area contributed by atoms with Crippen molar-refractivity contribution in [3.05, 3.63) is 39.3 Å². The van der Waals surface area contributed by atoms with E-state index in [-0.39, 0.29) is 11.6 Å². The van der Waals surface area contributed by atoms with Crippen LogP contribution < -0.4 is 10.9 Å². The molecular formula is C18H20ClN3O2. The van der Waals surface area contributed by atoms with Crippen LogP contribution in [0.2, 0.25) is 5.02 Å². The van der Waals surface area contributed by atoms with Crippen LogP contribution >= 0.6 is 11.6 Å². The predicted octanol–water partition coefficient (Wildman–Crippen LogP) is 3.81. The van der Waals surface area contributed by atoms with Gasteiger partial charge >= 0.3 is 0 Å². The van der Waals surface area contributed by atoms with Gasteiger partial charge in [0, 0.05) is 17.5 Å². The van der Waals surface area contributed by atoms with Crippen LogP contribution in [0, 0.1) is 6.92 Å². The molecule has 24 heavy (non-hydrogen) atoms. The predicted molar refractivity (Wildman–Crippen MR) is 95.9 cm³/mol. The van der Waals surface area contributed by atoms with Gasteiger partial charge in [-0.3, -0.25) is 4.79 Å². The number of aryl methyl sites for hydroxylation is 1. The molecule has 6 heteroatoms. The number of hydrogen-bond donors (Lipinski definition) is 1. The van der Waals surface area contributed by atoms with Gasteiger partial charge in [-0.05, 0) is 51.8 Å². The second-order valence-electron chi connectivity index (χ2n) is 6.58. The Hall–Kier alpha value is -1.85. The molecule has 0 aliphatic heterocycles. The number of halogens is 1. The van der Waals surface area contributed by atoms with Crippen LogP contribution in [0.5, 0.6) is 0 Å². The molecule has 1 fully saturated rings. The number of nitrogens with one attached hydrogen (secondary N) is 1. The maximum absolute atomic E-state index is 13.2. The molecule has 0 bridgehead atoms. The van der Waals surface area contributed by atoms with Crippen molar-refractivity contribution in [3.8, 4) is 0 Å². The van der Waals surface area contributed by atoms with E-state index in [9.17, 15) is 4.79 Å². The largest absolute Gasteiger partial charge is 0.360 e. The highest BCUT2D eigenvalue weighted by atomic mass is 35.5. The molecule has 2 aromatic heterocycles. The first kappa shape index (κ1) is 15.7. The lowest BCUT2D eigenvalue weighted by Crippen LogP contribution is -2.36. The summed E-state index contributed by atoms with van der Waals surface area (Å²) in [6.45, 7) is 1.78. The minimum absolute atomic E-state index is 0.0275. The number of rotatable bonds is 2. The fraction of sp³-hybridized carbons (Fsp3) is 0.444. The van der Waals surface area contributed by atoms with Crippen LogP contribution in [-0.4, -0.2) is 22.8 Å². The zero-order chi connectivity index (χ0) is 16.8. The molecule has 0 radical (unpaired) electrons. The molecule has 1 N–H and O–H groups in total. The van der Waals surface area contributed by atoms with Gasteiger partial charge in [0.1, 0.15) is 16.7 Å². The monoisotopic (exact) mass is 345 g/mol. The number of nitrogens with zero attached hydrogens (tertiary/aromatic N) is 2.